The molecule has 2 rings (SSSR count). The lowest BCUT2D eigenvalue weighted by Crippen LogP contribution is -2.07. The third-order valence-electron chi connectivity index (χ3n) is 3.40. The lowest BCUT2D eigenvalue weighted by molar-refractivity contribution is 0.242. The van der Waals surface area contributed by atoms with Crippen molar-refractivity contribution < 1.29 is 4.74 Å². The monoisotopic (exact) mass is 252 g/mol. The fourth-order valence-electron chi connectivity index (χ4n) is 2.17. The van der Waals surface area contributed by atoms with Crippen LogP contribution in [-0.2, 0) is 0 Å². The second-order valence-electron chi connectivity index (χ2n) is 5.33. The highest BCUT2D eigenvalue weighted by Crippen LogP contribution is 2.45. The lowest BCUT2D eigenvalue weighted by Gasteiger charge is -2.18. The van der Waals surface area contributed by atoms with Crippen LogP contribution >= 0.6 is 11.6 Å². The molecule has 0 spiro atoms. The highest BCUT2D eigenvalue weighted by atomic mass is 35.5. The summed E-state index contributed by atoms with van der Waals surface area (Å²) in [5.74, 6) is 2.34. The van der Waals surface area contributed by atoms with Gasteiger partial charge in [-0.15, -0.1) is 11.6 Å². The van der Waals surface area contributed by atoms with E-state index < -0.39 is 0 Å². The van der Waals surface area contributed by atoms with E-state index in [9.17, 15) is 0 Å². The molecule has 0 bridgehead atoms. The van der Waals surface area contributed by atoms with E-state index in [1.807, 2.05) is 26.0 Å². The van der Waals surface area contributed by atoms with E-state index in [4.69, 9.17) is 16.3 Å². The zero-order valence-corrected chi connectivity index (χ0v) is 11.6. The fraction of sp³-hybridized carbons (Fsp3) is 0.600. The van der Waals surface area contributed by atoms with Crippen LogP contribution in [0.3, 0.4) is 0 Å². The Bertz CT molecular complexity index is 354. The summed E-state index contributed by atoms with van der Waals surface area (Å²) >= 11 is 6.51. The molecule has 2 heteroatoms. The van der Waals surface area contributed by atoms with Gasteiger partial charge in [-0.1, -0.05) is 19.1 Å². The molecule has 1 aliphatic carbocycles. The molecule has 1 aromatic rings. The summed E-state index contributed by atoms with van der Waals surface area (Å²) < 4.78 is 5.63. The fourth-order valence-corrected chi connectivity index (χ4v) is 2.52. The topological polar surface area (TPSA) is 9.23 Å². The predicted octanol–water partition coefficient (Wildman–Crippen LogP) is 4.80. The summed E-state index contributed by atoms with van der Waals surface area (Å²) in [6, 6.07) is 8.22. The second kappa shape index (κ2) is 5.30. The molecular formula is C15H21ClO. The maximum Gasteiger partial charge on any atom is 0.119 e. The van der Waals surface area contributed by atoms with E-state index in [-0.39, 0.29) is 11.5 Å². The highest BCUT2D eigenvalue weighted by Gasteiger charge is 2.32. The van der Waals surface area contributed by atoms with Crippen molar-refractivity contribution in [3.63, 3.8) is 0 Å². The summed E-state index contributed by atoms with van der Waals surface area (Å²) in [5, 5.41) is 0.135. The summed E-state index contributed by atoms with van der Waals surface area (Å²) in [6.07, 6.45) is 2.91. The molecule has 0 aromatic heterocycles. The van der Waals surface area contributed by atoms with Crippen molar-refractivity contribution in [1.82, 2.24) is 0 Å². The highest BCUT2D eigenvalue weighted by molar-refractivity contribution is 6.21. The number of alkyl halides is 1. The first-order chi connectivity index (χ1) is 8.08. The minimum Gasteiger partial charge on any atom is -0.491 e. The van der Waals surface area contributed by atoms with Gasteiger partial charge in [0.1, 0.15) is 5.75 Å². The Hall–Kier alpha value is -0.690. The van der Waals surface area contributed by atoms with Gasteiger partial charge in [0.15, 0.2) is 0 Å². The van der Waals surface area contributed by atoms with Crippen molar-refractivity contribution in [3.05, 3.63) is 29.8 Å². The summed E-state index contributed by atoms with van der Waals surface area (Å²) in [4.78, 5) is 0. The third kappa shape index (κ3) is 3.38. The Labute approximate surface area is 109 Å². The Kier molecular flexibility index (Phi) is 3.98. The molecule has 0 radical (unpaired) electrons. The molecule has 0 amide bonds. The van der Waals surface area contributed by atoms with Crippen molar-refractivity contribution in [2.75, 3.05) is 0 Å². The molecule has 0 heterocycles. The van der Waals surface area contributed by atoms with Crippen molar-refractivity contribution >= 4 is 11.6 Å². The zero-order chi connectivity index (χ0) is 12.4. The molecule has 17 heavy (non-hydrogen) atoms. The second-order valence-corrected chi connectivity index (χ2v) is 5.80. The van der Waals surface area contributed by atoms with E-state index in [0.717, 1.165) is 11.7 Å². The van der Waals surface area contributed by atoms with Gasteiger partial charge < -0.3 is 4.74 Å². The molecule has 2 unspecified atom stereocenters. The van der Waals surface area contributed by atoms with Crippen LogP contribution in [0.4, 0.5) is 0 Å². The van der Waals surface area contributed by atoms with Crippen LogP contribution in [0.15, 0.2) is 24.3 Å². The van der Waals surface area contributed by atoms with Gasteiger partial charge in [0, 0.05) is 0 Å². The van der Waals surface area contributed by atoms with Crippen molar-refractivity contribution in [2.24, 2.45) is 11.8 Å². The van der Waals surface area contributed by atoms with Crippen molar-refractivity contribution in [3.8, 4) is 5.75 Å². The maximum absolute atomic E-state index is 6.51. The number of ether oxygens (including phenoxy) is 1. The molecule has 1 nitrogen and oxygen atoms in total. The molecule has 2 atom stereocenters. The van der Waals surface area contributed by atoms with E-state index >= 15 is 0 Å². The van der Waals surface area contributed by atoms with Gasteiger partial charge >= 0.3 is 0 Å². The van der Waals surface area contributed by atoms with Crippen LogP contribution in [0.25, 0.3) is 0 Å². The quantitative estimate of drug-likeness (QED) is 0.684. The first-order valence-corrected chi connectivity index (χ1v) is 6.92. The first kappa shape index (κ1) is 12.8. The Morgan fingerprint density at radius 3 is 2.18 bits per heavy atom. The molecule has 1 aromatic carbocycles. The van der Waals surface area contributed by atoms with Crippen LogP contribution in [0.2, 0.25) is 0 Å². The van der Waals surface area contributed by atoms with Gasteiger partial charge in [-0.3, -0.25) is 0 Å². The summed E-state index contributed by atoms with van der Waals surface area (Å²) in [5.41, 5.74) is 1.21. The smallest absolute Gasteiger partial charge is 0.119 e. The number of halogens is 1. The van der Waals surface area contributed by atoms with Crippen molar-refractivity contribution in [2.45, 2.75) is 45.1 Å². The Morgan fingerprint density at radius 1 is 1.12 bits per heavy atom. The lowest BCUT2D eigenvalue weighted by atomic mass is 9.96. The van der Waals surface area contributed by atoms with E-state index in [2.05, 4.69) is 19.1 Å². The standard InChI is InChI=1S/C15H21ClO/c1-10(2)17-14-8-6-13(7-9-14)15(16)11(3)12-4-5-12/h6-12,15H,4-5H2,1-3H3. The molecule has 0 N–H and O–H groups in total. The van der Waals surface area contributed by atoms with Gasteiger partial charge in [0.05, 0.1) is 11.5 Å². The van der Waals surface area contributed by atoms with Gasteiger partial charge in [-0.2, -0.15) is 0 Å². The van der Waals surface area contributed by atoms with Crippen LogP contribution in [-0.4, -0.2) is 6.10 Å². The largest absolute Gasteiger partial charge is 0.491 e. The number of rotatable bonds is 5. The minimum atomic E-state index is 0.135. The normalized spacial score (nSPS) is 19.1. The van der Waals surface area contributed by atoms with Crippen LogP contribution in [0, 0.1) is 11.8 Å². The zero-order valence-electron chi connectivity index (χ0n) is 10.8. The first-order valence-electron chi connectivity index (χ1n) is 6.48. The van der Waals surface area contributed by atoms with Gasteiger partial charge in [-0.25, -0.2) is 0 Å². The molecule has 94 valence electrons. The van der Waals surface area contributed by atoms with Gasteiger partial charge in [0.25, 0.3) is 0 Å². The molecule has 1 fully saturated rings. The van der Waals surface area contributed by atoms with Crippen LogP contribution < -0.4 is 4.74 Å². The SMILES string of the molecule is CC(C)Oc1ccc(C(Cl)C(C)C2CC2)cc1. The molecule has 1 saturated carbocycles. The number of benzene rings is 1. The average molecular weight is 253 g/mol. The van der Waals surface area contributed by atoms with Crippen LogP contribution in [0.5, 0.6) is 5.75 Å². The van der Waals surface area contributed by atoms with Crippen LogP contribution in [0.1, 0.15) is 44.6 Å². The molecular weight excluding hydrogens is 232 g/mol. The number of hydrogen-bond acceptors (Lipinski definition) is 1. The third-order valence-corrected chi connectivity index (χ3v) is 4.05. The van der Waals surface area contributed by atoms with E-state index in [0.29, 0.717) is 5.92 Å². The molecule has 1 aliphatic rings. The van der Waals surface area contributed by atoms with Gasteiger partial charge in [-0.05, 0) is 56.2 Å². The number of hydrogen-bond donors (Lipinski definition) is 0. The summed E-state index contributed by atoms with van der Waals surface area (Å²) in [7, 11) is 0. The van der Waals surface area contributed by atoms with Crippen molar-refractivity contribution in [1.29, 1.82) is 0 Å². The molecule has 0 saturated heterocycles. The van der Waals surface area contributed by atoms with Gasteiger partial charge in [0.2, 0.25) is 0 Å². The Morgan fingerprint density at radius 2 is 1.71 bits per heavy atom. The predicted molar refractivity (Wildman–Crippen MR) is 72.7 cm³/mol. The molecule has 0 aliphatic heterocycles. The minimum absolute atomic E-state index is 0.135. The maximum atomic E-state index is 6.51. The van der Waals surface area contributed by atoms with E-state index in [1.54, 1.807) is 0 Å². The Balaban J connectivity index is 2.01. The summed E-state index contributed by atoms with van der Waals surface area (Å²) in [6.45, 7) is 6.33. The van der Waals surface area contributed by atoms with E-state index in [1.165, 1.54) is 18.4 Å². The average Bonchev–Trinajstić information content (AvgIpc) is 3.11.